The van der Waals surface area contributed by atoms with Gasteiger partial charge in [0, 0.05) is 5.92 Å². The molecule has 1 aromatic carbocycles. The molecular formula is C18H21ClN4O3. The zero-order valence-electron chi connectivity index (χ0n) is 14.7. The van der Waals surface area contributed by atoms with Gasteiger partial charge in [0.15, 0.2) is 0 Å². The molecule has 1 aliphatic carbocycles. The van der Waals surface area contributed by atoms with Gasteiger partial charge in [-0.05, 0) is 38.3 Å². The van der Waals surface area contributed by atoms with Crippen LogP contribution >= 0.6 is 11.6 Å². The van der Waals surface area contributed by atoms with Crippen LogP contribution in [0.5, 0.6) is 0 Å². The van der Waals surface area contributed by atoms with E-state index in [9.17, 15) is 14.7 Å². The summed E-state index contributed by atoms with van der Waals surface area (Å²) in [6, 6.07) is 7.21. The van der Waals surface area contributed by atoms with E-state index in [-0.39, 0.29) is 11.7 Å². The molecule has 0 spiro atoms. The average molecular weight is 377 g/mol. The van der Waals surface area contributed by atoms with Crippen LogP contribution in [0.25, 0.3) is 5.69 Å². The molecule has 8 heteroatoms. The van der Waals surface area contributed by atoms with Crippen LogP contribution in [0.4, 0.5) is 0 Å². The Morgan fingerprint density at radius 3 is 2.65 bits per heavy atom. The predicted molar refractivity (Wildman–Crippen MR) is 96.8 cm³/mol. The molecule has 1 aromatic heterocycles. The zero-order valence-corrected chi connectivity index (χ0v) is 15.5. The van der Waals surface area contributed by atoms with Crippen LogP contribution in [0.2, 0.25) is 5.02 Å². The summed E-state index contributed by atoms with van der Waals surface area (Å²) >= 11 is 6.27. The second-order valence-electron chi connectivity index (χ2n) is 6.77. The number of carbonyl (C=O) groups excluding carboxylic acids is 1. The third-order valence-electron chi connectivity index (χ3n) is 4.47. The standard InChI is InChI=1S/C18H21ClN4O3/c1-3-10-18(2,17(25)26)21-16(24)14-20-15(11-8-9-11)23(22-14)13-7-5-4-6-12(13)19/h4-7,11H,3,8-10H2,1-2H3,(H,21,24)(H,25,26). The highest BCUT2D eigenvalue weighted by molar-refractivity contribution is 6.32. The summed E-state index contributed by atoms with van der Waals surface area (Å²) in [4.78, 5) is 28.6. The smallest absolute Gasteiger partial charge is 0.329 e. The summed E-state index contributed by atoms with van der Waals surface area (Å²) in [6.07, 6.45) is 2.90. The van der Waals surface area contributed by atoms with E-state index >= 15 is 0 Å². The number of benzene rings is 1. The van der Waals surface area contributed by atoms with Gasteiger partial charge in [-0.25, -0.2) is 14.5 Å². The Morgan fingerprint density at radius 1 is 1.38 bits per heavy atom. The SMILES string of the molecule is CCCC(C)(NC(=O)c1nc(C2CC2)n(-c2ccccc2Cl)n1)C(=O)O. The lowest BCUT2D eigenvalue weighted by Gasteiger charge is -2.24. The molecule has 7 nitrogen and oxygen atoms in total. The number of hydrogen-bond acceptors (Lipinski definition) is 4. The fourth-order valence-electron chi connectivity index (χ4n) is 2.86. The van der Waals surface area contributed by atoms with Crippen molar-refractivity contribution in [3.63, 3.8) is 0 Å². The number of hydrogen-bond donors (Lipinski definition) is 2. The number of halogens is 1. The minimum absolute atomic E-state index is 0.0459. The number of carboxylic acid groups (broad SMARTS) is 1. The van der Waals surface area contributed by atoms with Crippen molar-refractivity contribution < 1.29 is 14.7 Å². The lowest BCUT2D eigenvalue weighted by Crippen LogP contribution is -2.52. The van der Waals surface area contributed by atoms with Crippen LogP contribution in [-0.4, -0.2) is 37.3 Å². The lowest BCUT2D eigenvalue weighted by molar-refractivity contribution is -0.144. The first-order valence-electron chi connectivity index (χ1n) is 8.63. The topological polar surface area (TPSA) is 97.1 Å². The van der Waals surface area contributed by atoms with Gasteiger partial charge in [-0.3, -0.25) is 4.79 Å². The van der Waals surface area contributed by atoms with Crippen LogP contribution < -0.4 is 5.32 Å². The Kier molecular flexibility index (Phi) is 5.00. The quantitative estimate of drug-likeness (QED) is 0.773. The van der Waals surface area contributed by atoms with Crippen LogP contribution in [0, 0.1) is 0 Å². The van der Waals surface area contributed by atoms with Crippen molar-refractivity contribution in [3.8, 4) is 5.69 Å². The van der Waals surface area contributed by atoms with E-state index in [4.69, 9.17) is 11.6 Å². The maximum Gasteiger partial charge on any atom is 0.329 e. The molecule has 0 radical (unpaired) electrons. The van der Waals surface area contributed by atoms with Gasteiger partial charge < -0.3 is 10.4 Å². The highest BCUT2D eigenvalue weighted by Gasteiger charge is 2.37. The van der Waals surface area contributed by atoms with Crippen molar-refractivity contribution in [1.29, 1.82) is 0 Å². The molecular weight excluding hydrogens is 356 g/mol. The summed E-state index contributed by atoms with van der Waals surface area (Å²) in [5, 5.41) is 16.8. The number of aromatic nitrogens is 3. The van der Waals surface area contributed by atoms with E-state index in [1.165, 1.54) is 6.92 Å². The number of amides is 1. The molecule has 3 rings (SSSR count). The van der Waals surface area contributed by atoms with Crippen LogP contribution in [-0.2, 0) is 4.79 Å². The Hall–Kier alpha value is -2.41. The molecule has 1 amide bonds. The van der Waals surface area contributed by atoms with Gasteiger partial charge in [-0.15, -0.1) is 5.10 Å². The van der Waals surface area contributed by atoms with Gasteiger partial charge >= 0.3 is 5.97 Å². The van der Waals surface area contributed by atoms with Crippen molar-refractivity contribution in [1.82, 2.24) is 20.1 Å². The number of carboxylic acids is 1. The third kappa shape index (κ3) is 3.58. The first-order chi connectivity index (χ1) is 12.4. The molecule has 0 aliphatic heterocycles. The molecule has 1 heterocycles. The monoisotopic (exact) mass is 376 g/mol. The molecule has 2 N–H and O–H groups in total. The van der Waals surface area contributed by atoms with E-state index in [2.05, 4.69) is 15.4 Å². The minimum atomic E-state index is -1.36. The first kappa shape index (κ1) is 18.4. The summed E-state index contributed by atoms with van der Waals surface area (Å²) in [5.74, 6) is -0.815. The predicted octanol–water partition coefficient (Wildman–Crippen LogP) is 3.17. The van der Waals surface area contributed by atoms with Crippen LogP contribution in [0.3, 0.4) is 0 Å². The Balaban J connectivity index is 1.94. The Bertz CT molecular complexity index is 847. The number of nitrogens with zero attached hydrogens (tertiary/aromatic N) is 3. The highest BCUT2D eigenvalue weighted by Crippen LogP contribution is 2.40. The number of aliphatic carboxylic acids is 1. The largest absolute Gasteiger partial charge is 0.480 e. The first-order valence-corrected chi connectivity index (χ1v) is 9.01. The fourth-order valence-corrected chi connectivity index (χ4v) is 3.07. The summed E-state index contributed by atoms with van der Waals surface area (Å²) in [5.41, 5.74) is -0.710. The van der Waals surface area contributed by atoms with E-state index < -0.39 is 17.4 Å². The maximum absolute atomic E-state index is 12.6. The van der Waals surface area contributed by atoms with Crippen molar-refractivity contribution in [2.75, 3.05) is 0 Å². The number of rotatable bonds is 7. The van der Waals surface area contributed by atoms with E-state index in [1.54, 1.807) is 10.7 Å². The number of nitrogens with one attached hydrogen (secondary N) is 1. The number of carbonyl (C=O) groups is 2. The molecule has 138 valence electrons. The van der Waals surface area contributed by atoms with Gasteiger partial charge in [-0.2, -0.15) is 0 Å². The maximum atomic E-state index is 12.6. The Labute approximate surface area is 156 Å². The lowest BCUT2D eigenvalue weighted by atomic mass is 9.96. The molecule has 1 atom stereocenters. The molecule has 1 saturated carbocycles. The average Bonchev–Trinajstić information content (AvgIpc) is 3.34. The molecule has 0 saturated heterocycles. The van der Waals surface area contributed by atoms with Crippen LogP contribution in [0.1, 0.15) is 61.9 Å². The summed E-state index contributed by atoms with van der Waals surface area (Å²) in [6.45, 7) is 3.35. The van der Waals surface area contributed by atoms with Crippen molar-refractivity contribution >= 4 is 23.5 Å². The van der Waals surface area contributed by atoms with Crippen molar-refractivity contribution in [2.45, 2.75) is 51.0 Å². The second-order valence-corrected chi connectivity index (χ2v) is 7.18. The molecule has 0 bridgehead atoms. The zero-order chi connectivity index (χ0) is 18.9. The number of para-hydroxylation sites is 1. The molecule has 26 heavy (non-hydrogen) atoms. The molecule has 1 aliphatic rings. The molecule has 2 aromatic rings. The van der Waals surface area contributed by atoms with E-state index in [0.29, 0.717) is 29.4 Å². The minimum Gasteiger partial charge on any atom is -0.480 e. The fraction of sp³-hybridized carbons (Fsp3) is 0.444. The second kappa shape index (κ2) is 7.07. The normalized spacial score (nSPS) is 16.1. The third-order valence-corrected chi connectivity index (χ3v) is 4.79. The van der Waals surface area contributed by atoms with E-state index in [0.717, 1.165) is 12.8 Å². The van der Waals surface area contributed by atoms with E-state index in [1.807, 2.05) is 25.1 Å². The van der Waals surface area contributed by atoms with Crippen LogP contribution in [0.15, 0.2) is 24.3 Å². The molecule has 1 unspecified atom stereocenters. The van der Waals surface area contributed by atoms with Gasteiger partial charge in [0.25, 0.3) is 5.91 Å². The van der Waals surface area contributed by atoms with Gasteiger partial charge in [0.2, 0.25) is 5.82 Å². The van der Waals surface area contributed by atoms with Crippen molar-refractivity contribution in [3.05, 3.63) is 40.9 Å². The Morgan fingerprint density at radius 2 is 2.08 bits per heavy atom. The highest BCUT2D eigenvalue weighted by atomic mass is 35.5. The van der Waals surface area contributed by atoms with Gasteiger partial charge in [0.1, 0.15) is 11.4 Å². The van der Waals surface area contributed by atoms with Gasteiger partial charge in [-0.1, -0.05) is 37.1 Å². The molecule has 1 fully saturated rings. The van der Waals surface area contributed by atoms with Gasteiger partial charge in [0.05, 0.1) is 10.7 Å². The summed E-state index contributed by atoms with van der Waals surface area (Å²) < 4.78 is 1.59. The van der Waals surface area contributed by atoms with Crippen molar-refractivity contribution in [2.24, 2.45) is 0 Å². The summed E-state index contributed by atoms with van der Waals surface area (Å²) in [7, 11) is 0.